The van der Waals surface area contributed by atoms with Gasteiger partial charge in [0.15, 0.2) is 5.78 Å². The van der Waals surface area contributed by atoms with E-state index in [4.69, 9.17) is 0 Å². The van der Waals surface area contributed by atoms with Crippen LogP contribution in [0.25, 0.3) is 0 Å². The molecule has 138 valence electrons. The first-order valence-electron chi connectivity index (χ1n) is 7.92. The molecule has 0 atom stereocenters. The highest BCUT2D eigenvalue weighted by molar-refractivity contribution is 7.89. The first kappa shape index (κ1) is 19.7. The van der Waals surface area contributed by atoms with Crippen molar-refractivity contribution in [1.29, 1.82) is 0 Å². The quantitative estimate of drug-likeness (QED) is 0.686. The molecule has 0 fully saturated rings. The molecule has 0 aliphatic rings. The highest BCUT2D eigenvalue weighted by Gasteiger charge is 2.24. The lowest BCUT2D eigenvalue weighted by Crippen LogP contribution is -2.39. The third-order valence-electron chi connectivity index (χ3n) is 3.92. The molecule has 0 saturated heterocycles. The van der Waals surface area contributed by atoms with Gasteiger partial charge in [-0.15, -0.1) is 0 Å². The van der Waals surface area contributed by atoms with Crippen LogP contribution in [0.5, 0.6) is 0 Å². The zero-order chi connectivity index (χ0) is 19.3. The van der Waals surface area contributed by atoms with Crippen molar-refractivity contribution in [3.8, 4) is 0 Å². The SMILES string of the molecule is CC(=O)c1ccc(S(=O)(=O)N(C)CC(=O)N(C)Cc2ccncc2)cc1. The number of carbonyl (C=O) groups is 2. The Balaban J connectivity index is 2.05. The van der Waals surface area contributed by atoms with Crippen LogP contribution in [0.15, 0.2) is 53.7 Å². The van der Waals surface area contributed by atoms with E-state index in [9.17, 15) is 18.0 Å². The molecule has 8 heteroatoms. The maximum absolute atomic E-state index is 12.6. The van der Waals surface area contributed by atoms with Gasteiger partial charge in [0.25, 0.3) is 0 Å². The van der Waals surface area contributed by atoms with Gasteiger partial charge in [-0.1, -0.05) is 12.1 Å². The average molecular weight is 375 g/mol. The predicted octanol–water partition coefficient (Wildman–Crippen LogP) is 1.56. The van der Waals surface area contributed by atoms with E-state index in [1.54, 1.807) is 31.6 Å². The average Bonchev–Trinajstić information content (AvgIpc) is 2.62. The largest absolute Gasteiger partial charge is 0.340 e. The maximum Gasteiger partial charge on any atom is 0.243 e. The van der Waals surface area contributed by atoms with Crippen molar-refractivity contribution in [1.82, 2.24) is 14.2 Å². The fourth-order valence-corrected chi connectivity index (χ4v) is 3.41. The Morgan fingerprint density at radius 3 is 2.12 bits per heavy atom. The lowest BCUT2D eigenvalue weighted by molar-refractivity contribution is -0.130. The number of benzene rings is 1. The zero-order valence-corrected chi connectivity index (χ0v) is 15.7. The number of Topliss-reactive ketones (excluding diaryl/α,β-unsaturated/α-hetero) is 1. The minimum Gasteiger partial charge on any atom is -0.340 e. The molecule has 1 aromatic carbocycles. The van der Waals surface area contributed by atoms with E-state index in [2.05, 4.69) is 4.98 Å². The number of amides is 1. The second kappa shape index (κ2) is 8.20. The summed E-state index contributed by atoms with van der Waals surface area (Å²) in [5, 5.41) is 0. The van der Waals surface area contributed by atoms with E-state index in [-0.39, 0.29) is 23.1 Å². The molecule has 0 unspecified atom stereocenters. The topological polar surface area (TPSA) is 87.7 Å². The predicted molar refractivity (Wildman–Crippen MR) is 97.0 cm³/mol. The van der Waals surface area contributed by atoms with Crippen LogP contribution in [-0.4, -0.2) is 54.9 Å². The molecule has 0 spiro atoms. The van der Waals surface area contributed by atoms with E-state index in [1.807, 2.05) is 0 Å². The summed E-state index contributed by atoms with van der Waals surface area (Å²) in [5.41, 5.74) is 1.33. The molecule has 2 aromatic rings. The first-order chi connectivity index (χ1) is 12.2. The summed E-state index contributed by atoms with van der Waals surface area (Å²) in [6.45, 7) is 1.49. The van der Waals surface area contributed by atoms with Crippen molar-refractivity contribution in [3.05, 3.63) is 59.9 Å². The van der Waals surface area contributed by atoms with E-state index < -0.39 is 10.0 Å². The number of aromatic nitrogens is 1. The molecule has 2 rings (SSSR count). The zero-order valence-electron chi connectivity index (χ0n) is 14.9. The summed E-state index contributed by atoms with van der Waals surface area (Å²) < 4.78 is 26.2. The molecule has 1 amide bonds. The van der Waals surface area contributed by atoms with Crippen LogP contribution in [-0.2, 0) is 21.4 Å². The standard InChI is InChI=1S/C18H21N3O4S/c1-14(22)16-4-6-17(7-5-16)26(24,25)21(3)13-18(23)20(2)12-15-8-10-19-11-9-15/h4-11H,12-13H2,1-3H3. The number of ketones is 1. The van der Waals surface area contributed by atoms with E-state index in [1.165, 1.54) is 43.1 Å². The second-order valence-electron chi connectivity index (χ2n) is 5.95. The van der Waals surface area contributed by atoms with Gasteiger partial charge in [0, 0.05) is 38.6 Å². The number of rotatable bonds is 7. The first-order valence-corrected chi connectivity index (χ1v) is 9.36. The second-order valence-corrected chi connectivity index (χ2v) is 7.99. The van der Waals surface area contributed by atoms with Gasteiger partial charge in [-0.05, 0) is 36.8 Å². The number of hydrogen-bond donors (Lipinski definition) is 0. The summed E-state index contributed by atoms with van der Waals surface area (Å²) in [7, 11) is -0.849. The molecule has 0 radical (unpaired) electrons. The van der Waals surface area contributed by atoms with Crippen LogP contribution < -0.4 is 0 Å². The van der Waals surface area contributed by atoms with Gasteiger partial charge in [0.05, 0.1) is 11.4 Å². The summed E-state index contributed by atoms with van der Waals surface area (Å²) in [5.74, 6) is -0.469. The van der Waals surface area contributed by atoms with Crippen molar-refractivity contribution >= 4 is 21.7 Å². The van der Waals surface area contributed by atoms with Crippen LogP contribution in [0.3, 0.4) is 0 Å². The van der Waals surface area contributed by atoms with Crippen LogP contribution >= 0.6 is 0 Å². The number of hydrogen-bond acceptors (Lipinski definition) is 5. The van der Waals surface area contributed by atoms with Crippen molar-refractivity contribution < 1.29 is 18.0 Å². The van der Waals surface area contributed by atoms with Crippen molar-refractivity contribution in [3.63, 3.8) is 0 Å². The lowest BCUT2D eigenvalue weighted by Gasteiger charge is -2.22. The summed E-state index contributed by atoms with van der Waals surface area (Å²) in [6.07, 6.45) is 3.27. The molecule has 1 heterocycles. The van der Waals surface area contributed by atoms with Crippen LogP contribution in [0, 0.1) is 0 Å². The van der Waals surface area contributed by atoms with Gasteiger partial charge >= 0.3 is 0 Å². The van der Waals surface area contributed by atoms with Gasteiger partial charge in [0.1, 0.15) is 0 Å². The van der Waals surface area contributed by atoms with Crippen molar-refractivity contribution in [2.45, 2.75) is 18.4 Å². The molecule has 0 aliphatic heterocycles. The summed E-state index contributed by atoms with van der Waals surface area (Å²) >= 11 is 0. The van der Waals surface area contributed by atoms with Crippen LogP contribution in [0.1, 0.15) is 22.8 Å². The minimum atomic E-state index is -3.82. The molecule has 0 N–H and O–H groups in total. The van der Waals surface area contributed by atoms with Gasteiger partial charge in [0.2, 0.25) is 15.9 Å². The Labute approximate surface area is 153 Å². The van der Waals surface area contributed by atoms with Gasteiger partial charge in [-0.25, -0.2) is 8.42 Å². The molecule has 0 saturated carbocycles. The smallest absolute Gasteiger partial charge is 0.243 e. The molecule has 7 nitrogen and oxygen atoms in total. The highest BCUT2D eigenvalue weighted by atomic mass is 32.2. The Hall–Kier alpha value is -2.58. The number of likely N-dealkylation sites (N-methyl/N-ethyl adjacent to an activating group) is 2. The monoisotopic (exact) mass is 375 g/mol. The number of pyridine rings is 1. The Morgan fingerprint density at radius 2 is 1.58 bits per heavy atom. The molecular weight excluding hydrogens is 354 g/mol. The van der Waals surface area contributed by atoms with Gasteiger partial charge < -0.3 is 4.90 Å². The molecule has 0 bridgehead atoms. The van der Waals surface area contributed by atoms with Crippen LogP contribution in [0.4, 0.5) is 0 Å². The normalized spacial score (nSPS) is 11.4. The van der Waals surface area contributed by atoms with Gasteiger partial charge in [-0.2, -0.15) is 4.31 Å². The number of sulfonamides is 1. The van der Waals surface area contributed by atoms with Gasteiger partial charge in [-0.3, -0.25) is 14.6 Å². The number of nitrogens with zero attached hydrogens (tertiary/aromatic N) is 3. The Bertz CT molecular complexity index is 880. The van der Waals surface area contributed by atoms with Crippen molar-refractivity contribution in [2.24, 2.45) is 0 Å². The minimum absolute atomic E-state index is 0.0367. The lowest BCUT2D eigenvalue weighted by atomic mass is 10.2. The molecule has 1 aromatic heterocycles. The summed E-state index contributed by atoms with van der Waals surface area (Å²) in [6, 6.07) is 9.24. The Morgan fingerprint density at radius 1 is 1.00 bits per heavy atom. The molecular formula is C18H21N3O4S. The fraction of sp³-hybridized carbons (Fsp3) is 0.278. The van der Waals surface area contributed by atoms with Crippen LogP contribution in [0.2, 0.25) is 0 Å². The molecule has 26 heavy (non-hydrogen) atoms. The number of carbonyl (C=O) groups excluding carboxylic acids is 2. The van der Waals surface area contributed by atoms with E-state index in [0.717, 1.165) is 9.87 Å². The highest BCUT2D eigenvalue weighted by Crippen LogP contribution is 2.16. The third kappa shape index (κ3) is 4.74. The third-order valence-corrected chi connectivity index (χ3v) is 5.74. The van der Waals surface area contributed by atoms with E-state index >= 15 is 0 Å². The maximum atomic E-state index is 12.6. The summed E-state index contributed by atoms with van der Waals surface area (Å²) in [4.78, 5) is 29.0. The Kier molecular flexibility index (Phi) is 6.23. The van der Waals surface area contributed by atoms with E-state index in [0.29, 0.717) is 12.1 Å². The fourth-order valence-electron chi connectivity index (χ4n) is 2.29. The van der Waals surface area contributed by atoms with Crippen molar-refractivity contribution in [2.75, 3.05) is 20.6 Å². The molecule has 0 aliphatic carbocycles.